The highest BCUT2D eigenvalue weighted by atomic mass is 16.3. The lowest BCUT2D eigenvalue weighted by atomic mass is 9.40. The lowest BCUT2D eigenvalue weighted by molar-refractivity contribution is -0.175. The van der Waals surface area contributed by atoms with Gasteiger partial charge in [0, 0.05) is 5.92 Å². The third-order valence-electron chi connectivity index (χ3n) is 8.45. The van der Waals surface area contributed by atoms with E-state index in [1.165, 1.54) is 38.5 Å². The summed E-state index contributed by atoms with van der Waals surface area (Å²) in [5.41, 5.74) is -0.0899. The van der Waals surface area contributed by atoms with Crippen LogP contribution in [-0.4, -0.2) is 16.5 Å². The fourth-order valence-electron chi connectivity index (χ4n) is 7.30. The maximum atomic E-state index is 11.9. The zero-order chi connectivity index (χ0) is 15.7. The summed E-state index contributed by atoms with van der Waals surface area (Å²) in [6.45, 7) is 6.25. The Balaban J connectivity index is 1.52. The Morgan fingerprint density at radius 2 is 1.73 bits per heavy atom. The average Bonchev–Trinajstić information content (AvgIpc) is 2.41. The average molecular weight is 304 g/mol. The van der Waals surface area contributed by atoms with Crippen LogP contribution >= 0.6 is 0 Å². The number of Topliss-reactive ketones (excluding diaryl/α,β-unsaturated/α-hetero) is 1. The van der Waals surface area contributed by atoms with E-state index in [1.807, 2.05) is 6.92 Å². The van der Waals surface area contributed by atoms with E-state index in [9.17, 15) is 9.90 Å². The van der Waals surface area contributed by atoms with Crippen LogP contribution in [-0.2, 0) is 4.79 Å². The number of hydrogen-bond donors (Lipinski definition) is 1. The molecule has 2 heteroatoms. The molecule has 0 aliphatic heterocycles. The largest absolute Gasteiger partial charge is 0.390 e. The molecule has 0 unspecified atom stereocenters. The van der Waals surface area contributed by atoms with Crippen LogP contribution in [0, 0.1) is 40.9 Å². The van der Waals surface area contributed by atoms with Gasteiger partial charge in [-0.2, -0.15) is 0 Å². The number of aliphatic hydroxyl groups is 1. The van der Waals surface area contributed by atoms with Crippen molar-refractivity contribution in [1.29, 1.82) is 0 Å². The maximum absolute atomic E-state index is 11.9. The maximum Gasteiger partial charge on any atom is 0.133 e. The topological polar surface area (TPSA) is 37.3 Å². The molecule has 0 aromatic carbocycles. The van der Waals surface area contributed by atoms with E-state index in [-0.39, 0.29) is 0 Å². The van der Waals surface area contributed by atoms with Gasteiger partial charge in [-0.15, -0.1) is 0 Å². The molecule has 2 nitrogen and oxygen atoms in total. The first-order valence-electron chi connectivity index (χ1n) is 9.55. The zero-order valence-corrected chi connectivity index (χ0v) is 14.5. The highest BCUT2D eigenvalue weighted by Gasteiger charge is 2.61. The van der Waals surface area contributed by atoms with Gasteiger partial charge in [0.1, 0.15) is 5.78 Å². The summed E-state index contributed by atoms with van der Waals surface area (Å²) < 4.78 is 0. The Labute approximate surface area is 135 Å². The summed E-state index contributed by atoms with van der Waals surface area (Å²) in [6, 6.07) is 0. The van der Waals surface area contributed by atoms with Crippen LogP contribution in [0.1, 0.15) is 72.1 Å². The second kappa shape index (κ2) is 4.82. The number of carbonyl (C=O) groups is 1. The van der Waals surface area contributed by atoms with Gasteiger partial charge in [-0.1, -0.05) is 6.92 Å². The van der Waals surface area contributed by atoms with E-state index >= 15 is 0 Å². The summed E-state index contributed by atoms with van der Waals surface area (Å²) in [4.78, 5) is 11.9. The molecule has 22 heavy (non-hydrogen) atoms. The van der Waals surface area contributed by atoms with Crippen LogP contribution in [0.4, 0.5) is 0 Å². The second-order valence-electron chi connectivity index (χ2n) is 9.62. The van der Waals surface area contributed by atoms with E-state index < -0.39 is 5.60 Å². The number of ketones is 1. The SMILES string of the molecule is CC(=O)[C@@H]1C[C@H]2[C@@H]3CC[C@@H]4C[C@](C)(O)CC[C@@H]4[C@H]3CC[C@]12C. The molecule has 4 aliphatic carbocycles. The van der Waals surface area contributed by atoms with Gasteiger partial charge in [-0.3, -0.25) is 4.79 Å². The van der Waals surface area contributed by atoms with Crippen molar-refractivity contribution in [2.45, 2.75) is 77.7 Å². The summed E-state index contributed by atoms with van der Waals surface area (Å²) >= 11 is 0. The van der Waals surface area contributed by atoms with Crippen LogP contribution in [0.25, 0.3) is 0 Å². The standard InChI is InChI=1S/C20H32O2/c1-12(21)17-10-18-16-5-4-13-11-19(2,22)8-6-14(13)15(16)7-9-20(17,18)3/h13-18,22H,4-11H2,1-3H3/t13-,14+,15-,16-,17+,18+,19-,20-/m1/s1. The fraction of sp³-hybridized carbons (Fsp3) is 0.950. The molecule has 1 N–H and O–H groups in total. The van der Waals surface area contributed by atoms with Gasteiger partial charge < -0.3 is 5.11 Å². The van der Waals surface area contributed by atoms with Gasteiger partial charge in [-0.25, -0.2) is 0 Å². The molecule has 4 fully saturated rings. The predicted molar refractivity (Wildman–Crippen MR) is 87.3 cm³/mol. The van der Waals surface area contributed by atoms with Gasteiger partial charge in [0.15, 0.2) is 0 Å². The number of hydrogen-bond acceptors (Lipinski definition) is 2. The minimum Gasteiger partial charge on any atom is -0.390 e. The highest BCUT2D eigenvalue weighted by Crippen LogP contribution is 2.67. The van der Waals surface area contributed by atoms with Gasteiger partial charge in [0.2, 0.25) is 0 Å². The van der Waals surface area contributed by atoms with Gasteiger partial charge in [-0.05, 0) is 100 Å². The van der Waals surface area contributed by atoms with Crippen molar-refractivity contribution in [2.24, 2.45) is 40.9 Å². The number of fused-ring (bicyclic) bond motifs is 5. The molecule has 0 amide bonds. The zero-order valence-electron chi connectivity index (χ0n) is 14.5. The molecule has 0 heterocycles. The van der Waals surface area contributed by atoms with Crippen LogP contribution in [0.3, 0.4) is 0 Å². The molecular formula is C20H32O2. The second-order valence-corrected chi connectivity index (χ2v) is 9.62. The van der Waals surface area contributed by atoms with Crippen LogP contribution < -0.4 is 0 Å². The Kier molecular flexibility index (Phi) is 3.32. The van der Waals surface area contributed by atoms with Crippen molar-refractivity contribution in [2.75, 3.05) is 0 Å². The Hall–Kier alpha value is -0.370. The molecule has 0 bridgehead atoms. The molecule has 0 aromatic rings. The first-order valence-corrected chi connectivity index (χ1v) is 9.55. The van der Waals surface area contributed by atoms with E-state index in [0.717, 1.165) is 42.4 Å². The van der Waals surface area contributed by atoms with E-state index in [1.54, 1.807) is 6.92 Å². The molecule has 8 atom stereocenters. The van der Waals surface area contributed by atoms with Crippen LogP contribution in [0.5, 0.6) is 0 Å². The minimum absolute atomic E-state index is 0.319. The molecule has 0 saturated heterocycles. The number of carbonyl (C=O) groups excluding carboxylic acids is 1. The normalized spacial score (nSPS) is 57.1. The first kappa shape index (κ1) is 15.2. The fourth-order valence-corrected chi connectivity index (χ4v) is 7.30. The third-order valence-corrected chi connectivity index (χ3v) is 8.45. The van der Waals surface area contributed by atoms with Gasteiger partial charge >= 0.3 is 0 Å². The molecular weight excluding hydrogens is 272 g/mol. The van der Waals surface area contributed by atoms with Gasteiger partial charge in [0.25, 0.3) is 0 Å². The Morgan fingerprint density at radius 1 is 1.00 bits per heavy atom. The van der Waals surface area contributed by atoms with Crippen molar-refractivity contribution in [1.82, 2.24) is 0 Å². The van der Waals surface area contributed by atoms with E-state index in [4.69, 9.17) is 0 Å². The molecule has 0 radical (unpaired) electrons. The van der Waals surface area contributed by atoms with Crippen molar-refractivity contribution in [3.05, 3.63) is 0 Å². The Morgan fingerprint density at radius 3 is 2.45 bits per heavy atom. The van der Waals surface area contributed by atoms with Crippen molar-refractivity contribution >= 4 is 5.78 Å². The van der Waals surface area contributed by atoms with Crippen molar-refractivity contribution < 1.29 is 9.90 Å². The lowest BCUT2D eigenvalue weighted by Gasteiger charge is -2.65. The monoisotopic (exact) mass is 304 g/mol. The van der Waals surface area contributed by atoms with Crippen LogP contribution in [0.2, 0.25) is 0 Å². The molecule has 0 aromatic heterocycles. The van der Waals surface area contributed by atoms with Crippen molar-refractivity contribution in [3.63, 3.8) is 0 Å². The molecule has 4 rings (SSSR count). The third kappa shape index (κ3) is 2.05. The van der Waals surface area contributed by atoms with E-state index in [0.29, 0.717) is 17.1 Å². The van der Waals surface area contributed by atoms with E-state index in [2.05, 4.69) is 6.92 Å². The molecule has 4 aliphatic rings. The quantitative estimate of drug-likeness (QED) is 0.788. The first-order chi connectivity index (χ1) is 10.3. The summed E-state index contributed by atoms with van der Waals surface area (Å²) in [7, 11) is 0. The van der Waals surface area contributed by atoms with Gasteiger partial charge in [0.05, 0.1) is 5.60 Å². The predicted octanol–water partition coefficient (Wildman–Crippen LogP) is 4.21. The van der Waals surface area contributed by atoms with Crippen LogP contribution in [0.15, 0.2) is 0 Å². The minimum atomic E-state index is -0.409. The smallest absolute Gasteiger partial charge is 0.133 e. The highest BCUT2D eigenvalue weighted by molar-refractivity contribution is 5.80. The molecule has 0 spiro atoms. The number of rotatable bonds is 1. The van der Waals surface area contributed by atoms with Crippen molar-refractivity contribution in [3.8, 4) is 0 Å². The molecule has 4 saturated carbocycles. The summed E-state index contributed by atoms with van der Waals surface area (Å²) in [5, 5.41) is 10.4. The lowest BCUT2D eigenvalue weighted by Crippen LogP contribution is -2.59. The summed E-state index contributed by atoms with van der Waals surface area (Å²) in [5.74, 6) is 4.98. The Bertz CT molecular complexity index is 482. The molecule has 124 valence electrons. The summed E-state index contributed by atoms with van der Waals surface area (Å²) in [6.07, 6.45) is 9.70.